The third-order valence-electron chi connectivity index (χ3n) is 4.10. The topological polar surface area (TPSA) is 32.8 Å². The summed E-state index contributed by atoms with van der Waals surface area (Å²) in [4.78, 5) is 16.3. The van der Waals surface area contributed by atoms with Crippen LogP contribution < -0.4 is 0 Å². The number of likely N-dealkylation sites (tertiary alicyclic amines) is 2. The van der Waals surface area contributed by atoms with Crippen molar-refractivity contribution in [3.05, 3.63) is 0 Å². The normalized spacial score (nSPS) is 24.1. The van der Waals surface area contributed by atoms with Gasteiger partial charge in [-0.05, 0) is 31.6 Å². The van der Waals surface area contributed by atoms with Gasteiger partial charge in [-0.3, -0.25) is 0 Å². The van der Waals surface area contributed by atoms with Gasteiger partial charge in [-0.1, -0.05) is 6.92 Å². The van der Waals surface area contributed by atoms with E-state index >= 15 is 0 Å². The third-order valence-corrected chi connectivity index (χ3v) is 4.10. The highest BCUT2D eigenvalue weighted by Gasteiger charge is 2.27. The number of methoxy groups -OCH3 is 1. The number of carbonyl (C=O) groups excluding carboxylic acids is 1. The molecule has 2 saturated heterocycles. The molecule has 0 radical (unpaired) electrons. The van der Waals surface area contributed by atoms with Gasteiger partial charge in [0.15, 0.2) is 0 Å². The summed E-state index contributed by atoms with van der Waals surface area (Å²) in [7, 11) is 1.76. The van der Waals surface area contributed by atoms with Gasteiger partial charge in [0.1, 0.15) is 0 Å². The van der Waals surface area contributed by atoms with Gasteiger partial charge in [0, 0.05) is 33.3 Å². The van der Waals surface area contributed by atoms with Crippen LogP contribution >= 0.6 is 0 Å². The van der Waals surface area contributed by atoms with Crippen LogP contribution in [0.4, 0.5) is 4.79 Å². The fourth-order valence-corrected chi connectivity index (χ4v) is 2.68. The second-order valence-corrected chi connectivity index (χ2v) is 5.37. The Bertz CT molecular complexity index is 254. The molecule has 2 aliphatic rings. The van der Waals surface area contributed by atoms with E-state index in [2.05, 4.69) is 6.92 Å². The van der Waals surface area contributed by atoms with E-state index in [1.165, 1.54) is 0 Å². The number of nitrogens with zero attached hydrogens (tertiary/aromatic N) is 2. The van der Waals surface area contributed by atoms with Gasteiger partial charge < -0.3 is 14.5 Å². The van der Waals surface area contributed by atoms with Gasteiger partial charge in [-0.25, -0.2) is 4.79 Å². The summed E-state index contributed by atoms with van der Waals surface area (Å²) in [5.74, 6) is 0.776. The minimum Gasteiger partial charge on any atom is -0.381 e. The smallest absolute Gasteiger partial charge is 0.320 e. The first-order valence-electron chi connectivity index (χ1n) is 6.77. The first-order chi connectivity index (χ1) is 8.20. The Balaban J connectivity index is 1.80. The van der Waals surface area contributed by atoms with Crippen LogP contribution in [0.15, 0.2) is 0 Å². The van der Waals surface area contributed by atoms with Gasteiger partial charge in [0.25, 0.3) is 0 Å². The standard InChI is InChI=1S/C13H24N2O2/c1-11-3-7-14(8-4-11)13(16)15-9-5-12(17-2)6-10-15/h11-12H,3-10H2,1-2H3. The van der Waals surface area contributed by atoms with Crippen molar-refractivity contribution in [3.63, 3.8) is 0 Å². The molecule has 0 aromatic rings. The summed E-state index contributed by atoms with van der Waals surface area (Å²) in [6, 6.07) is 0.242. The molecule has 2 amide bonds. The van der Waals surface area contributed by atoms with E-state index in [1.54, 1.807) is 7.11 Å². The Morgan fingerprint density at radius 1 is 1.00 bits per heavy atom. The lowest BCUT2D eigenvalue weighted by Crippen LogP contribution is -2.49. The minimum absolute atomic E-state index is 0.242. The molecule has 4 heteroatoms. The molecule has 0 aromatic carbocycles. The summed E-state index contributed by atoms with van der Waals surface area (Å²) in [6.07, 6.45) is 4.61. The van der Waals surface area contributed by atoms with Crippen LogP contribution in [0.25, 0.3) is 0 Å². The summed E-state index contributed by atoms with van der Waals surface area (Å²) < 4.78 is 5.33. The molecule has 0 bridgehead atoms. The van der Waals surface area contributed by atoms with Crippen molar-refractivity contribution in [1.82, 2.24) is 9.80 Å². The monoisotopic (exact) mass is 240 g/mol. The number of ether oxygens (including phenoxy) is 1. The van der Waals surface area contributed by atoms with Crippen LogP contribution in [-0.4, -0.2) is 55.2 Å². The maximum Gasteiger partial charge on any atom is 0.320 e. The van der Waals surface area contributed by atoms with E-state index in [-0.39, 0.29) is 6.03 Å². The van der Waals surface area contributed by atoms with Gasteiger partial charge in [-0.2, -0.15) is 0 Å². The highest BCUT2D eigenvalue weighted by atomic mass is 16.5. The molecule has 2 heterocycles. The fourth-order valence-electron chi connectivity index (χ4n) is 2.68. The van der Waals surface area contributed by atoms with Crippen molar-refractivity contribution in [3.8, 4) is 0 Å². The predicted octanol–water partition coefficient (Wildman–Crippen LogP) is 1.95. The molecule has 0 unspecified atom stereocenters. The average Bonchev–Trinajstić information content (AvgIpc) is 2.39. The molecule has 2 aliphatic heterocycles. The molecule has 2 fully saturated rings. The second-order valence-electron chi connectivity index (χ2n) is 5.37. The highest BCUT2D eigenvalue weighted by Crippen LogP contribution is 2.19. The number of hydrogen-bond acceptors (Lipinski definition) is 2. The lowest BCUT2D eigenvalue weighted by atomic mass is 9.99. The number of amides is 2. The number of carbonyl (C=O) groups is 1. The van der Waals surface area contributed by atoms with Crippen LogP contribution in [-0.2, 0) is 4.74 Å². The maximum atomic E-state index is 12.3. The van der Waals surface area contributed by atoms with Gasteiger partial charge in [-0.15, -0.1) is 0 Å². The molecule has 0 N–H and O–H groups in total. The molecule has 98 valence electrons. The molecule has 2 rings (SSSR count). The SMILES string of the molecule is COC1CCN(C(=O)N2CCC(C)CC2)CC1. The average molecular weight is 240 g/mol. The number of rotatable bonds is 1. The predicted molar refractivity (Wildman–Crippen MR) is 67.0 cm³/mol. The van der Waals surface area contributed by atoms with Crippen molar-refractivity contribution in [2.24, 2.45) is 5.92 Å². The molecule has 17 heavy (non-hydrogen) atoms. The Labute approximate surface area is 104 Å². The van der Waals surface area contributed by atoms with Crippen molar-refractivity contribution in [2.75, 3.05) is 33.3 Å². The van der Waals surface area contributed by atoms with E-state index in [9.17, 15) is 4.79 Å². The fraction of sp³-hybridized carbons (Fsp3) is 0.923. The van der Waals surface area contributed by atoms with E-state index in [0.717, 1.165) is 57.8 Å². The van der Waals surface area contributed by atoms with Gasteiger partial charge >= 0.3 is 6.03 Å². The molecule has 0 aromatic heterocycles. The van der Waals surface area contributed by atoms with Crippen LogP contribution in [0, 0.1) is 5.92 Å². The molecule has 0 saturated carbocycles. The lowest BCUT2D eigenvalue weighted by Gasteiger charge is -2.37. The number of piperidine rings is 2. The van der Waals surface area contributed by atoms with Crippen molar-refractivity contribution >= 4 is 6.03 Å². The zero-order valence-electron chi connectivity index (χ0n) is 11.0. The zero-order chi connectivity index (χ0) is 12.3. The second kappa shape index (κ2) is 5.71. The maximum absolute atomic E-state index is 12.3. The van der Waals surface area contributed by atoms with E-state index in [0.29, 0.717) is 6.10 Å². The Kier molecular flexibility index (Phi) is 4.26. The molecule has 0 atom stereocenters. The van der Waals surface area contributed by atoms with Crippen molar-refractivity contribution < 1.29 is 9.53 Å². The van der Waals surface area contributed by atoms with Crippen LogP contribution in [0.3, 0.4) is 0 Å². The van der Waals surface area contributed by atoms with Gasteiger partial charge in [0.05, 0.1) is 6.10 Å². The summed E-state index contributed by atoms with van der Waals surface area (Å²) in [5, 5.41) is 0. The Morgan fingerprint density at radius 3 is 1.94 bits per heavy atom. The van der Waals surface area contributed by atoms with Crippen molar-refractivity contribution in [1.29, 1.82) is 0 Å². The first-order valence-corrected chi connectivity index (χ1v) is 6.77. The summed E-state index contributed by atoms with van der Waals surface area (Å²) >= 11 is 0. The van der Waals surface area contributed by atoms with E-state index in [4.69, 9.17) is 4.74 Å². The molecule has 0 aliphatic carbocycles. The molecular formula is C13H24N2O2. The molecule has 0 spiro atoms. The Morgan fingerprint density at radius 2 is 1.47 bits per heavy atom. The minimum atomic E-state index is 0.242. The molecule has 4 nitrogen and oxygen atoms in total. The number of urea groups is 1. The largest absolute Gasteiger partial charge is 0.381 e. The summed E-state index contributed by atoms with van der Waals surface area (Å²) in [6.45, 7) is 5.84. The zero-order valence-corrected chi connectivity index (χ0v) is 11.0. The van der Waals surface area contributed by atoms with Crippen molar-refractivity contribution in [2.45, 2.75) is 38.7 Å². The van der Waals surface area contributed by atoms with E-state index < -0.39 is 0 Å². The van der Waals surface area contributed by atoms with Crippen LogP contribution in [0.2, 0.25) is 0 Å². The highest BCUT2D eigenvalue weighted by molar-refractivity contribution is 5.74. The van der Waals surface area contributed by atoms with E-state index in [1.807, 2.05) is 9.80 Å². The first kappa shape index (κ1) is 12.7. The van der Waals surface area contributed by atoms with Crippen LogP contribution in [0.5, 0.6) is 0 Å². The Hall–Kier alpha value is -0.770. The quantitative estimate of drug-likeness (QED) is 0.702. The van der Waals surface area contributed by atoms with Gasteiger partial charge in [0.2, 0.25) is 0 Å². The lowest BCUT2D eigenvalue weighted by molar-refractivity contribution is 0.0427. The van der Waals surface area contributed by atoms with Crippen LogP contribution in [0.1, 0.15) is 32.6 Å². The molecular weight excluding hydrogens is 216 g/mol. The summed E-state index contributed by atoms with van der Waals surface area (Å²) in [5.41, 5.74) is 0. The third kappa shape index (κ3) is 3.12. The number of hydrogen-bond donors (Lipinski definition) is 0.